The van der Waals surface area contributed by atoms with E-state index in [2.05, 4.69) is 10.6 Å². The van der Waals surface area contributed by atoms with Crippen molar-refractivity contribution >= 4 is 52.4 Å². The van der Waals surface area contributed by atoms with Crippen LogP contribution in [0.3, 0.4) is 0 Å². The highest BCUT2D eigenvalue weighted by molar-refractivity contribution is 6.53. The Kier molecular flexibility index (Phi) is 7.80. The molecule has 41 heavy (non-hydrogen) atoms. The van der Waals surface area contributed by atoms with E-state index in [4.69, 9.17) is 21.1 Å². The molecule has 0 saturated heterocycles. The summed E-state index contributed by atoms with van der Waals surface area (Å²) in [4.78, 5) is 51.4. The number of hydrogen-bond acceptors (Lipinski definition) is 7. The number of esters is 1. The molecule has 10 heteroatoms. The first-order chi connectivity index (χ1) is 19.8. The maximum Gasteiger partial charge on any atom is 0.337 e. The molecule has 0 aliphatic carbocycles. The Morgan fingerprint density at radius 1 is 0.732 bits per heavy atom. The van der Waals surface area contributed by atoms with Crippen LogP contribution in [0.25, 0.3) is 0 Å². The number of carbonyl (C=O) groups excluding carboxylic acids is 4. The van der Waals surface area contributed by atoms with Crippen LogP contribution in [-0.2, 0) is 14.3 Å². The van der Waals surface area contributed by atoms with E-state index in [1.807, 2.05) is 30.3 Å². The highest BCUT2D eigenvalue weighted by Crippen LogP contribution is 2.31. The van der Waals surface area contributed by atoms with Gasteiger partial charge in [-0.1, -0.05) is 35.9 Å². The number of benzene rings is 4. The first kappa shape index (κ1) is 27.2. The Labute approximate surface area is 239 Å². The summed E-state index contributed by atoms with van der Waals surface area (Å²) in [7, 11) is 1.23. The van der Waals surface area contributed by atoms with Gasteiger partial charge in [-0.3, -0.25) is 14.4 Å². The Morgan fingerprint density at radius 3 is 2.07 bits per heavy atom. The average molecular weight is 568 g/mol. The van der Waals surface area contributed by atoms with E-state index >= 15 is 0 Å². The fourth-order valence-corrected chi connectivity index (χ4v) is 4.23. The zero-order chi connectivity index (χ0) is 28.9. The van der Waals surface area contributed by atoms with Crippen LogP contribution in [-0.4, -0.2) is 30.8 Å². The van der Waals surface area contributed by atoms with Crippen molar-refractivity contribution in [3.05, 3.63) is 125 Å². The van der Waals surface area contributed by atoms with Gasteiger partial charge in [0.15, 0.2) is 0 Å². The molecule has 0 atom stereocenters. The van der Waals surface area contributed by atoms with Crippen molar-refractivity contribution in [2.75, 3.05) is 22.6 Å². The van der Waals surface area contributed by atoms with Crippen LogP contribution in [0.15, 0.2) is 114 Å². The van der Waals surface area contributed by atoms with Gasteiger partial charge in [-0.05, 0) is 78.9 Å². The highest BCUT2D eigenvalue weighted by atomic mass is 35.5. The second kappa shape index (κ2) is 11.8. The summed E-state index contributed by atoms with van der Waals surface area (Å²) in [5, 5.41) is 5.37. The molecule has 9 nitrogen and oxygen atoms in total. The van der Waals surface area contributed by atoms with Gasteiger partial charge in [0.1, 0.15) is 22.2 Å². The van der Waals surface area contributed by atoms with Crippen LogP contribution in [0.4, 0.5) is 17.1 Å². The third-order valence-electron chi connectivity index (χ3n) is 6.06. The largest absolute Gasteiger partial charge is 0.465 e. The fourth-order valence-electron chi connectivity index (χ4n) is 4.02. The van der Waals surface area contributed by atoms with Gasteiger partial charge in [0, 0.05) is 16.9 Å². The number of ether oxygens (including phenoxy) is 2. The van der Waals surface area contributed by atoms with Gasteiger partial charge in [0.25, 0.3) is 17.7 Å². The summed E-state index contributed by atoms with van der Waals surface area (Å²) in [6, 6.07) is 28.5. The maximum atomic E-state index is 13.1. The lowest BCUT2D eigenvalue weighted by Crippen LogP contribution is -2.32. The minimum absolute atomic E-state index is 0.129. The van der Waals surface area contributed by atoms with Gasteiger partial charge < -0.3 is 20.1 Å². The molecule has 2 N–H and O–H groups in total. The third-order valence-corrected chi connectivity index (χ3v) is 6.41. The van der Waals surface area contributed by atoms with E-state index in [0.717, 1.165) is 4.90 Å². The number of amides is 3. The van der Waals surface area contributed by atoms with Gasteiger partial charge in [0.05, 0.1) is 18.4 Å². The first-order valence-electron chi connectivity index (χ1n) is 12.3. The number of nitrogens with one attached hydrogen (secondary N) is 2. The van der Waals surface area contributed by atoms with E-state index in [-0.39, 0.29) is 27.9 Å². The monoisotopic (exact) mass is 567 g/mol. The molecule has 0 fully saturated rings. The number of carbonyl (C=O) groups is 4. The molecule has 0 bridgehead atoms. The molecule has 4 aromatic rings. The van der Waals surface area contributed by atoms with Gasteiger partial charge in [-0.15, -0.1) is 0 Å². The molecule has 0 unspecified atom stereocenters. The number of anilines is 3. The Morgan fingerprint density at radius 2 is 1.39 bits per heavy atom. The quantitative estimate of drug-likeness (QED) is 0.200. The molecule has 0 aromatic heterocycles. The predicted octanol–water partition coefficient (Wildman–Crippen LogP) is 5.95. The number of halogens is 1. The number of para-hydroxylation sites is 1. The summed E-state index contributed by atoms with van der Waals surface area (Å²) in [6.07, 6.45) is 0. The number of hydrogen-bond donors (Lipinski definition) is 2. The molecular weight excluding hydrogens is 546 g/mol. The van der Waals surface area contributed by atoms with Gasteiger partial charge in [-0.25, -0.2) is 9.69 Å². The summed E-state index contributed by atoms with van der Waals surface area (Å²) >= 11 is 6.22. The van der Waals surface area contributed by atoms with Crippen molar-refractivity contribution in [1.29, 1.82) is 0 Å². The number of methoxy groups -OCH3 is 1. The van der Waals surface area contributed by atoms with Gasteiger partial charge >= 0.3 is 5.97 Å². The summed E-state index contributed by atoms with van der Waals surface area (Å²) in [5.74, 6) is -1.04. The fraction of sp³-hybridized carbons (Fsp3) is 0.0323. The van der Waals surface area contributed by atoms with Crippen molar-refractivity contribution in [2.24, 2.45) is 0 Å². The van der Waals surface area contributed by atoms with Crippen molar-refractivity contribution in [1.82, 2.24) is 0 Å². The molecule has 0 spiro atoms. The molecule has 5 rings (SSSR count). The van der Waals surface area contributed by atoms with Crippen molar-refractivity contribution in [2.45, 2.75) is 0 Å². The van der Waals surface area contributed by atoms with Crippen molar-refractivity contribution in [3.8, 4) is 11.5 Å². The van der Waals surface area contributed by atoms with Crippen LogP contribution in [0.5, 0.6) is 11.5 Å². The molecule has 204 valence electrons. The lowest BCUT2D eigenvalue weighted by Gasteiger charge is -2.16. The highest BCUT2D eigenvalue weighted by Gasteiger charge is 2.39. The van der Waals surface area contributed by atoms with Crippen LogP contribution < -0.4 is 20.3 Å². The number of imide groups is 1. The standard InChI is InChI=1S/C31H22ClN3O6/c1-40-31(39)20-6-5-7-23(18-20)35-29(37)26(32)27(30(35)38)33-21-12-10-19(11-13-21)28(36)34-22-14-16-25(17-15-22)41-24-8-3-2-4-9-24/h2-18,33H,1H3,(H,34,36). The lowest BCUT2D eigenvalue weighted by molar-refractivity contribution is -0.120. The third kappa shape index (κ3) is 5.95. The van der Waals surface area contributed by atoms with E-state index < -0.39 is 17.8 Å². The second-order valence-corrected chi connectivity index (χ2v) is 9.15. The molecule has 1 aliphatic rings. The molecule has 0 saturated carbocycles. The predicted molar refractivity (Wildman–Crippen MR) is 154 cm³/mol. The van der Waals surface area contributed by atoms with E-state index in [1.165, 1.54) is 31.4 Å². The molecule has 0 radical (unpaired) electrons. The SMILES string of the molecule is COC(=O)c1cccc(N2C(=O)C(Cl)=C(Nc3ccc(C(=O)Nc4ccc(Oc5ccccc5)cc4)cc3)C2=O)c1. The van der Waals surface area contributed by atoms with Crippen LogP contribution in [0.1, 0.15) is 20.7 Å². The molecule has 1 aliphatic heterocycles. The normalized spacial score (nSPS) is 12.8. The second-order valence-electron chi connectivity index (χ2n) is 8.77. The maximum absolute atomic E-state index is 13.1. The summed E-state index contributed by atoms with van der Waals surface area (Å²) in [5.41, 5.74) is 1.60. The zero-order valence-corrected chi connectivity index (χ0v) is 22.3. The van der Waals surface area contributed by atoms with E-state index in [9.17, 15) is 19.2 Å². The minimum atomic E-state index is -0.739. The van der Waals surface area contributed by atoms with Crippen LogP contribution in [0.2, 0.25) is 0 Å². The zero-order valence-electron chi connectivity index (χ0n) is 21.6. The molecule has 4 aromatic carbocycles. The Balaban J connectivity index is 1.23. The summed E-state index contributed by atoms with van der Waals surface area (Å²) < 4.78 is 10.5. The van der Waals surface area contributed by atoms with E-state index in [1.54, 1.807) is 48.5 Å². The minimum Gasteiger partial charge on any atom is -0.465 e. The van der Waals surface area contributed by atoms with Gasteiger partial charge in [-0.2, -0.15) is 0 Å². The Hall–Kier alpha value is -5.41. The smallest absolute Gasteiger partial charge is 0.337 e. The average Bonchev–Trinajstić information content (AvgIpc) is 3.21. The molecule has 1 heterocycles. The first-order valence-corrected chi connectivity index (χ1v) is 12.7. The van der Waals surface area contributed by atoms with E-state index in [0.29, 0.717) is 28.4 Å². The molecular formula is C31H22ClN3O6. The number of nitrogens with zero attached hydrogens (tertiary/aromatic N) is 1. The number of rotatable bonds is 8. The van der Waals surface area contributed by atoms with Crippen LogP contribution >= 0.6 is 11.6 Å². The van der Waals surface area contributed by atoms with Crippen molar-refractivity contribution < 1.29 is 28.7 Å². The topological polar surface area (TPSA) is 114 Å². The summed E-state index contributed by atoms with van der Waals surface area (Å²) in [6.45, 7) is 0. The van der Waals surface area contributed by atoms with Crippen LogP contribution in [0, 0.1) is 0 Å². The molecule has 3 amide bonds. The Bertz CT molecular complexity index is 1670. The lowest BCUT2D eigenvalue weighted by atomic mass is 10.1. The van der Waals surface area contributed by atoms with Crippen molar-refractivity contribution in [3.63, 3.8) is 0 Å². The van der Waals surface area contributed by atoms with Gasteiger partial charge in [0.2, 0.25) is 0 Å².